The molecule has 2 atom stereocenters. The normalized spacial score (nSPS) is 16.4. The third-order valence-electron chi connectivity index (χ3n) is 4.59. The number of nitrogens with zero attached hydrogens (tertiary/aromatic N) is 5. The van der Waals surface area contributed by atoms with Gasteiger partial charge in [-0.25, -0.2) is 5.01 Å². The van der Waals surface area contributed by atoms with E-state index < -0.39 is 33.8 Å². The maximum Gasteiger partial charge on any atom is 0.433 e. The molecule has 3 heterocycles. The van der Waals surface area contributed by atoms with E-state index in [9.17, 15) is 29.9 Å². The lowest BCUT2D eigenvalue weighted by Crippen LogP contribution is -2.44. The van der Waals surface area contributed by atoms with E-state index in [2.05, 4.69) is 10.3 Å². The Morgan fingerprint density at radius 1 is 1.13 bits per heavy atom. The molecule has 2 N–H and O–H groups in total. The molecule has 164 valence electrons. The van der Waals surface area contributed by atoms with Crippen LogP contribution in [0.5, 0.6) is 0 Å². The van der Waals surface area contributed by atoms with Crippen molar-refractivity contribution in [1.29, 1.82) is 0 Å². The minimum absolute atomic E-state index is 0.0511. The quantitative estimate of drug-likeness (QED) is 0.239. The van der Waals surface area contributed by atoms with Crippen molar-refractivity contribution in [3.05, 3.63) is 60.9 Å². The highest BCUT2D eigenvalue weighted by Crippen LogP contribution is 2.38. The Balaban J connectivity index is 1.73. The van der Waals surface area contributed by atoms with Gasteiger partial charge in [-0.1, -0.05) is 11.6 Å². The summed E-state index contributed by atoms with van der Waals surface area (Å²) in [4.78, 5) is 43.2. The molecule has 2 aromatic rings. The first kappa shape index (κ1) is 21.8. The zero-order chi connectivity index (χ0) is 22.5. The maximum absolute atomic E-state index is 12.6. The Bertz CT molecular complexity index is 1030. The molecule has 1 aliphatic rings. The molecule has 0 spiro atoms. The van der Waals surface area contributed by atoms with Gasteiger partial charge in [0.25, 0.3) is 0 Å². The predicted molar refractivity (Wildman–Crippen MR) is 104 cm³/mol. The zero-order valence-corrected chi connectivity index (χ0v) is 16.1. The van der Waals surface area contributed by atoms with Crippen molar-refractivity contribution in [1.82, 2.24) is 5.01 Å². The van der Waals surface area contributed by atoms with Crippen LogP contribution in [-0.2, 0) is 4.79 Å². The van der Waals surface area contributed by atoms with Gasteiger partial charge in [0, 0.05) is 6.42 Å². The average Bonchev–Trinajstić information content (AvgIpc) is 3.37. The molecule has 0 bridgehead atoms. The Hall–Kier alpha value is -3.94. The summed E-state index contributed by atoms with van der Waals surface area (Å²) in [5.41, 5.74) is 5.58. The molecular weight excluding hydrogens is 416 g/mol. The van der Waals surface area contributed by atoms with Crippen LogP contribution >= 0.6 is 0 Å². The highest BCUT2D eigenvalue weighted by molar-refractivity contribution is 6.08. The molecule has 14 heteroatoms. The van der Waals surface area contributed by atoms with E-state index in [1.807, 2.05) is 0 Å². The minimum atomic E-state index is -0.917. The summed E-state index contributed by atoms with van der Waals surface area (Å²) in [7, 11) is 0. The van der Waals surface area contributed by atoms with Crippen molar-refractivity contribution in [2.24, 2.45) is 16.0 Å². The van der Waals surface area contributed by atoms with Gasteiger partial charge in [0.2, 0.25) is 5.91 Å². The second-order valence-corrected chi connectivity index (χ2v) is 6.73. The van der Waals surface area contributed by atoms with Gasteiger partial charge >= 0.3 is 11.8 Å². The summed E-state index contributed by atoms with van der Waals surface area (Å²) < 4.78 is 10.4. The van der Waals surface area contributed by atoms with Crippen molar-refractivity contribution in [2.75, 3.05) is 0 Å². The predicted octanol–water partition coefficient (Wildman–Crippen LogP) is 2.98. The first-order valence-electron chi connectivity index (χ1n) is 9.29. The fourth-order valence-corrected chi connectivity index (χ4v) is 3.05. The lowest BCUT2D eigenvalue weighted by molar-refractivity contribution is -0.402. The van der Waals surface area contributed by atoms with Gasteiger partial charge in [-0.2, -0.15) is 5.10 Å². The van der Waals surface area contributed by atoms with E-state index in [0.717, 1.165) is 17.1 Å². The number of unbranched alkanes of at least 4 members (excludes halogenated alkanes) is 2. The van der Waals surface area contributed by atoms with E-state index in [4.69, 9.17) is 14.6 Å². The molecule has 14 nitrogen and oxygen atoms in total. The van der Waals surface area contributed by atoms with Crippen LogP contribution in [0, 0.1) is 25.1 Å². The van der Waals surface area contributed by atoms with E-state index in [-0.39, 0.29) is 29.6 Å². The van der Waals surface area contributed by atoms with E-state index in [0.29, 0.717) is 25.7 Å². The number of furan rings is 2. The third kappa shape index (κ3) is 4.80. The van der Waals surface area contributed by atoms with Crippen LogP contribution < -0.4 is 5.73 Å². The Morgan fingerprint density at radius 2 is 1.81 bits per heavy atom. The highest BCUT2D eigenvalue weighted by Gasteiger charge is 2.43. The van der Waals surface area contributed by atoms with Gasteiger partial charge in [-0.3, -0.25) is 25.0 Å². The third-order valence-corrected chi connectivity index (χ3v) is 4.59. The molecule has 0 fully saturated rings. The number of amides is 1. The molecule has 2 unspecified atom stereocenters. The second-order valence-electron chi connectivity index (χ2n) is 6.73. The Morgan fingerprint density at radius 3 is 2.42 bits per heavy atom. The summed E-state index contributed by atoms with van der Waals surface area (Å²) in [5.74, 6) is -1.26. The Kier molecular flexibility index (Phi) is 6.49. The van der Waals surface area contributed by atoms with E-state index in [1.54, 1.807) is 0 Å². The van der Waals surface area contributed by atoms with Gasteiger partial charge in [0.05, 0.1) is 12.1 Å². The zero-order valence-electron chi connectivity index (χ0n) is 16.1. The summed E-state index contributed by atoms with van der Waals surface area (Å²) >= 11 is 0. The first-order chi connectivity index (χ1) is 14.8. The van der Waals surface area contributed by atoms with Gasteiger partial charge in [-0.15, -0.1) is 4.91 Å². The van der Waals surface area contributed by atoms with Gasteiger partial charge in [0.15, 0.2) is 11.8 Å². The molecule has 31 heavy (non-hydrogen) atoms. The summed E-state index contributed by atoms with van der Waals surface area (Å²) in [5, 5.41) is 29.7. The Labute approximate surface area is 173 Å². The van der Waals surface area contributed by atoms with Crippen LogP contribution in [0.4, 0.5) is 11.8 Å². The number of nitroso groups, excluding NO2 is 1. The topological polar surface area (TPSA) is 201 Å². The fraction of sp³-hybridized carbons (Fsp3) is 0.412. The van der Waals surface area contributed by atoms with Crippen LogP contribution in [0.15, 0.2) is 43.4 Å². The molecule has 1 aliphatic heterocycles. The van der Waals surface area contributed by atoms with Crippen LogP contribution in [0.2, 0.25) is 0 Å². The summed E-state index contributed by atoms with van der Waals surface area (Å²) in [6.07, 6.45) is 1.54. The number of nitro groups is 2. The van der Waals surface area contributed by atoms with Crippen LogP contribution in [0.3, 0.4) is 0 Å². The minimum Gasteiger partial charge on any atom is -0.403 e. The molecule has 0 saturated heterocycles. The largest absolute Gasteiger partial charge is 0.433 e. The van der Waals surface area contributed by atoms with Gasteiger partial charge in [-0.05, 0) is 31.4 Å². The molecule has 1 amide bonds. The van der Waals surface area contributed by atoms with Crippen molar-refractivity contribution in [2.45, 2.75) is 44.3 Å². The molecule has 0 aliphatic carbocycles. The number of hydrogen-bond acceptors (Lipinski definition) is 11. The van der Waals surface area contributed by atoms with E-state index >= 15 is 0 Å². The maximum atomic E-state index is 12.6. The van der Waals surface area contributed by atoms with Crippen molar-refractivity contribution in [3.63, 3.8) is 0 Å². The fourth-order valence-electron chi connectivity index (χ4n) is 3.05. The lowest BCUT2D eigenvalue weighted by Gasteiger charge is -2.34. The van der Waals surface area contributed by atoms with Crippen molar-refractivity contribution < 1.29 is 23.5 Å². The number of carbonyl (C=O) groups excluding carboxylic acids is 1. The van der Waals surface area contributed by atoms with Crippen LogP contribution in [0.25, 0.3) is 0 Å². The number of nitrogens with two attached hydrogens (primary N) is 1. The van der Waals surface area contributed by atoms with Gasteiger partial charge in [0.1, 0.15) is 27.5 Å². The van der Waals surface area contributed by atoms with Crippen LogP contribution in [0.1, 0.15) is 49.7 Å². The lowest BCUT2D eigenvalue weighted by atomic mass is 10.0. The second kappa shape index (κ2) is 9.25. The molecule has 0 aromatic carbocycles. The smallest absolute Gasteiger partial charge is 0.403 e. The first-order valence-corrected chi connectivity index (χ1v) is 9.29. The average molecular weight is 434 g/mol. The summed E-state index contributed by atoms with van der Waals surface area (Å²) in [6.45, 7) is 0. The molecule has 2 aromatic heterocycles. The van der Waals surface area contributed by atoms with Crippen LogP contribution in [-0.4, -0.2) is 32.6 Å². The number of carbonyl (C=O) groups is 1. The standard InChI is InChI=1S/C17H18N6O8/c18-12(20-25)4-2-1-3-5-13(24)21-17(11-7-9-15(31-11)23(28)29)16(19-21)10-6-8-14(30-10)22(26)27/h6-9,12,17H,1-5,18H2. The molecule has 0 radical (unpaired) electrons. The molecular formula is C17H18N6O8. The van der Waals surface area contributed by atoms with Crippen molar-refractivity contribution >= 4 is 23.4 Å². The molecule has 0 saturated carbocycles. The number of rotatable bonds is 11. The number of hydrazone groups is 1. The van der Waals surface area contributed by atoms with Crippen molar-refractivity contribution in [3.8, 4) is 0 Å². The number of hydrogen-bond donors (Lipinski definition) is 1. The monoisotopic (exact) mass is 434 g/mol. The molecule has 3 rings (SSSR count). The highest BCUT2D eigenvalue weighted by atomic mass is 16.7. The SMILES string of the molecule is NC(CCCCCC(=O)N1N=C(c2ccc([N+](=O)[O-])o2)C1c1ccc([N+](=O)[O-])o1)N=O. The summed E-state index contributed by atoms with van der Waals surface area (Å²) in [6, 6.07) is 4.03. The van der Waals surface area contributed by atoms with E-state index in [1.165, 1.54) is 12.1 Å². The van der Waals surface area contributed by atoms with Gasteiger partial charge < -0.3 is 14.6 Å².